The number of benzene rings is 1. The number of hydrogen-bond acceptors (Lipinski definition) is 5. The van der Waals surface area contributed by atoms with E-state index in [1.807, 2.05) is 19.1 Å². The van der Waals surface area contributed by atoms with Gasteiger partial charge < -0.3 is 19.7 Å². The average Bonchev–Trinajstić information content (AvgIpc) is 3.08. The van der Waals surface area contributed by atoms with E-state index in [-0.39, 0.29) is 12.5 Å². The summed E-state index contributed by atoms with van der Waals surface area (Å²) in [4.78, 5) is 36.7. The van der Waals surface area contributed by atoms with Crippen LogP contribution in [0.15, 0.2) is 24.3 Å². The topological polar surface area (TPSA) is 84.9 Å². The molecule has 2 rings (SSSR count). The van der Waals surface area contributed by atoms with Crippen molar-refractivity contribution in [2.75, 3.05) is 32.1 Å². The van der Waals surface area contributed by atoms with Crippen LogP contribution in [0.5, 0.6) is 0 Å². The van der Waals surface area contributed by atoms with E-state index in [9.17, 15) is 14.4 Å². The van der Waals surface area contributed by atoms with Gasteiger partial charge in [0.15, 0.2) is 12.7 Å². The molecule has 24 heavy (non-hydrogen) atoms. The molecule has 1 aromatic carbocycles. The third-order valence-corrected chi connectivity index (χ3v) is 3.67. The summed E-state index contributed by atoms with van der Waals surface area (Å²) in [6, 6.07) is 7.35. The third kappa shape index (κ3) is 5.34. The monoisotopic (exact) mass is 334 g/mol. The molecule has 1 N–H and O–H groups in total. The van der Waals surface area contributed by atoms with Gasteiger partial charge >= 0.3 is 5.97 Å². The molecular formula is C17H22N2O5. The highest BCUT2D eigenvalue weighted by Crippen LogP contribution is 2.13. The van der Waals surface area contributed by atoms with Crippen LogP contribution in [0, 0.1) is 6.92 Å². The van der Waals surface area contributed by atoms with Gasteiger partial charge in [-0.1, -0.05) is 17.7 Å². The number of anilines is 1. The molecule has 7 heteroatoms. The maximum atomic E-state index is 11.9. The molecule has 2 amide bonds. The lowest BCUT2D eigenvalue weighted by Crippen LogP contribution is -2.38. The van der Waals surface area contributed by atoms with Crippen molar-refractivity contribution >= 4 is 23.5 Å². The summed E-state index contributed by atoms with van der Waals surface area (Å²) in [5, 5.41) is 2.70. The molecule has 0 aliphatic carbocycles. The largest absolute Gasteiger partial charge is 0.454 e. The Morgan fingerprint density at radius 1 is 1.29 bits per heavy atom. The van der Waals surface area contributed by atoms with E-state index < -0.39 is 24.6 Å². The first-order valence-electron chi connectivity index (χ1n) is 7.84. The Morgan fingerprint density at radius 2 is 2.00 bits per heavy atom. The standard InChI is InChI=1S/C17H22N2O5/c1-12-5-7-13(8-6-12)18-15(20)10-19(2)16(21)11-24-17(22)14-4-3-9-23-14/h5-8,14H,3-4,9-11H2,1-2H3,(H,18,20). The highest BCUT2D eigenvalue weighted by atomic mass is 16.6. The smallest absolute Gasteiger partial charge is 0.335 e. The number of nitrogens with zero attached hydrogens (tertiary/aromatic N) is 1. The molecule has 0 saturated carbocycles. The van der Waals surface area contributed by atoms with Crippen LogP contribution in [-0.2, 0) is 23.9 Å². The molecule has 1 aromatic rings. The van der Waals surface area contributed by atoms with Crippen molar-refractivity contribution in [1.82, 2.24) is 4.90 Å². The first-order valence-corrected chi connectivity index (χ1v) is 7.84. The van der Waals surface area contributed by atoms with E-state index in [2.05, 4.69) is 5.32 Å². The number of carbonyl (C=O) groups excluding carboxylic acids is 3. The van der Waals surface area contributed by atoms with Gasteiger partial charge in [-0.05, 0) is 31.9 Å². The minimum atomic E-state index is -0.576. The fourth-order valence-electron chi connectivity index (χ4n) is 2.24. The summed E-state index contributed by atoms with van der Waals surface area (Å²) in [6.45, 7) is 1.97. The molecule has 1 heterocycles. The molecule has 7 nitrogen and oxygen atoms in total. The molecule has 0 spiro atoms. The number of esters is 1. The van der Waals surface area contributed by atoms with Crippen LogP contribution in [0.2, 0.25) is 0 Å². The van der Waals surface area contributed by atoms with Crippen molar-refractivity contribution in [1.29, 1.82) is 0 Å². The Morgan fingerprint density at radius 3 is 2.62 bits per heavy atom. The molecule has 1 atom stereocenters. The Labute approximate surface area is 140 Å². The number of carbonyl (C=O) groups is 3. The number of amides is 2. The first kappa shape index (κ1) is 17.9. The van der Waals surface area contributed by atoms with Gasteiger partial charge in [0, 0.05) is 19.3 Å². The number of nitrogens with one attached hydrogen (secondary N) is 1. The van der Waals surface area contributed by atoms with E-state index in [1.165, 1.54) is 11.9 Å². The van der Waals surface area contributed by atoms with E-state index in [4.69, 9.17) is 9.47 Å². The number of rotatable bonds is 6. The van der Waals surface area contributed by atoms with Gasteiger partial charge in [0.25, 0.3) is 5.91 Å². The fourth-order valence-corrected chi connectivity index (χ4v) is 2.24. The Balaban J connectivity index is 1.73. The van der Waals surface area contributed by atoms with Crippen LogP contribution in [-0.4, -0.2) is 55.6 Å². The summed E-state index contributed by atoms with van der Waals surface area (Å²) in [5.74, 6) is -1.29. The summed E-state index contributed by atoms with van der Waals surface area (Å²) in [5.41, 5.74) is 1.75. The molecule has 0 aromatic heterocycles. The van der Waals surface area contributed by atoms with Crippen molar-refractivity contribution in [2.24, 2.45) is 0 Å². The van der Waals surface area contributed by atoms with Crippen molar-refractivity contribution in [3.8, 4) is 0 Å². The van der Waals surface area contributed by atoms with E-state index in [1.54, 1.807) is 12.1 Å². The minimum Gasteiger partial charge on any atom is -0.454 e. The van der Waals surface area contributed by atoms with Gasteiger partial charge in [-0.2, -0.15) is 0 Å². The van der Waals surface area contributed by atoms with Crippen molar-refractivity contribution < 1.29 is 23.9 Å². The van der Waals surface area contributed by atoms with Crippen molar-refractivity contribution in [2.45, 2.75) is 25.9 Å². The molecular weight excluding hydrogens is 312 g/mol. The molecule has 0 radical (unpaired) electrons. The molecule has 1 unspecified atom stereocenters. The summed E-state index contributed by atoms with van der Waals surface area (Å²) >= 11 is 0. The lowest BCUT2D eigenvalue weighted by atomic mass is 10.2. The maximum absolute atomic E-state index is 11.9. The van der Waals surface area contributed by atoms with Gasteiger partial charge in [-0.3, -0.25) is 9.59 Å². The van der Waals surface area contributed by atoms with Crippen LogP contribution < -0.4 is 5.32 Å². The zero-order valence-corrected chi connectivity index (χ0v) is 13.9. The normalized spacial score (nSPS) is 16.5. The Hall–Kier alpha value is -2.41. The third-order valence-electron chi connectivity index (χ3n) is 3.67. The van der Waals surface area contributed by atoms with Crippen molar-refractivity contribution in [3.63, 3.8) is 0 Å². The van der Waals surface area contributed by atoms with Gasteiger partial charge in [-0.25, -0.2) is 4.79 Å². The van der Waals surface area contributed by atoms with Crippen LogP contribution in [0.25, 0.3) is 0 Å². The van der Waals surface area contributed by atoms with Crippen LogP contribution in [0.4, 0.5) is 5.69 Å². The van der Waals surface area contributed by atoms with Gasteiger partial charge in [0.05, 0.1) is 6.54 Å². The number of likely N-dealkylation sites (N-methyl/N-ethyl adjacent to an activating group) is 1. The number of ether oxygens (including phenoxy) is 2. The second kappa shape index (κ2) is 8.44. The molecule has 1 aliphatic heterocycles. The highest BCUT2D eigenvalue weighted by molar-refractivity contribution is 5.94. The zero-order valence-electron chi connectivity index (χ0n) is 13.9. The SMILES string of the molecule is Cc1ccc(NC(=O)CN(C)C(=O)COC(=O)C2CCCO2)cc1. The average molecular weight is 334 g/mol. The fraction of sp³-hybridized carbons (Fsp3) is 0.471. The highest BCUT2D eigenvalue weighted by Gasteiger charge is 2.26. The molecule has 1 aliphatic rings. The Bertz CT molecular complexity index is 594. The summed E-state index contributed by atoms with van der Waals surface area (Å²) in [7, 11) is 1.48. The predicted octanol–water partition coefficient (Wildman–Crippen LogP) is 1.11. The van der Waals surface area contributed by atoms with Gasteiger partial charge in [-0.15, -0.1) is 0 Å². The molecule has 0 bridgehead atoms. The van der Waals surface area contributed by atoms with E-state index >= 15 is 0 Å². The molecule has 1 fully saturated rings. The molecule has 1 saturated heterocycles. The number of hydrogen-bond donors (Lipinski definition) is 1. The first-order chi connectivity index (χ1) is 11.5. The lowest BCUT2D eigenvalue weighted by molar-refractivity contribution is -0.159. The lowest BCUT2D eigenvalue weighted by Gasteiger charge is -2.17. The second-order valence-corrected chi connectivity index (χ2v) is 5.77. The van der Waals surface area contributed by atoms with Crippen LogP contribution in [0.3, 0.4) is 0 Å². The number of aryl methyl sites for hydroxylation is 1. The van der Waals surface area contributed by atoms with E-state index in [0.717, 1.165) is 12.0 Å². The summed E-state index contributed by atoms with van der Waals surface area (Å²) < 4.78 is 10.1. The van der Waals surface area contributed by atoms with Crippen LogP contribution in [0.1, 0.15) is 18.4 Å². The Kier molecular flexibility index (Phi) is 6.31. The quantitative estimate of drug-likeness (QED) is 0.788. The maximum Gasteiger partial charge on any atom is 0.335 e. The second-order valence-electron chi connectivity index (χ2n) is 5.77. The van der Waals surface area contributed by atoms with Crippen LogP contribution >= 0.6 is 0 Å². The van der Waals surface area contributed by atoms with Gasteiger partial charge in [0.2, 0.25) is 5.91 Å². The molecule has 130 valence electrons. The minimum absolute atomic E-state index is 0.121. The van der Waals surface area contributed by atoms with Crippen molar-refractivity contribution in [3.05, 3.63) is 29.8 Å². The summed E-state index contributed by atoms with van der Waals surface area (Å²) in [6.07, 6.45) is 0.849. The van der Waals surface area contributed by atoms with E-state index in [0.29, 0.717) is 18.7 Å². The predicted molar refractivity (Wildman–Crippen MR) is 87.4 cm³/mol. The van der Waals surface area contributed by atoms with Gasteiger partial charge in [0.1, 0.15) is 0 Å². The zero-order chi connectivity index (χ0) is 17.5.